The Labute approximate surface area is 131 Å². The van der Waals surface area contributed by atoms with Crippen LogP contribution in [-0.2, 0) is 14.1 Å². The lowest BCUT2D eigenvalue weighted by Gasteiger charge is -2.20. The molecule has 0 aliphatic carbocycles. The van der Waals surface area contributed by atoms with Gasteiger partial charge in [0.25, 0.3) is 0 Å². The van der Waals surface area contributed by atoms with Crippen molar-refractivity contribution >= 4 is 17.3 Å². The molecule has 1 aromatic carbocycles. The molecule has 0 aliphatic rings. The van der Waals surface area contributed by atoms with Crippen molar-refractivity contribution < 1.29 is 17.0 Å². The highest BCUT2D eigenvalue weighted by Gasteiger charge is 2.10. The number of benzene rings is 1. The first-order valence-corrected chi connectivity index (χ1v) is 6.80. The molecule has 2 rings (SSSR count). The van der Waals surface area contributed by atoms with Crippen LogP contribution in [-0.4, -0.2) is 22.9 Å². The Bertz CT molecular complexity index is 586. The van der Waals surface area contributed by atoms with E-state index in [1.165, 1.54) is 5.69 Å². The van der Waals surface area contributed by atoms with E-state index in [4.69, 9.17) is 0 Å². The first-order valence-electron chi connectivity index (χ1n) is 6.80. The zero-order valence-electron chi connectivity index (χ0n) is 12.9. The van der Waals surface area contributed by atoms with Crippen LogP contribution in [0, 0.1) is 0 Å². The van der Waals surface area contributed by atoms with Crippen LogP contribution in [0.5, 0.6) is 0 Å². The molecule has 2 aromatic rings. The number of nitrogens with zero attached hydrogens (tertiary/aromatic N) is 6. The number of rotatable bonds is 5. The van der Waals surface area contributed by atoms with Gasteiger partial charge >= 0.3 is 5.95 Å². The van der Waals surface area contributed by atoms with Gasteiger partial charge in [0.2, 0.25) is 0 Å². The van der Waals surface area contributed by atoms with Crippen molar-refractivity contribution in [1.29, 1.82) is 0 Å². The predicted molar refractivity (Wildman–Crippen MR) is 78.6 cm³/mol. The summed E-state index contributed by atoms with van der Waals surface area (Å²) in [6.45, 7) is 6.30. The van der Waals surface area contributed by atoms with Gasteiger partial charge in [0, 0.05) is 29.0 Å². The average molecular weight is 309 g/mol. The maximum Gasteiger partial charge on any atom is 0.435 e. The maximum absolute atomic E-state index is 4.21. The monoisotopic (exact) mass is 308 g/mol. The van der Waals surface area contributed by atoms with Crippen LogP contribution in [0.15, 0.2) is 40.8 Å². The Morgan fingerprint density at radius 1 is 1.14 bits per heavy atom. The lowest BCUT2D eigenvalue weighted by molar-refractivity contribution is -0.659. The molecule has 0 amide bonds. The fourth-order valence-corrected chi connectivity index (χ4v) is 2.05. The minimum atomic E-state index is 0. The van der Waals surface area contributed by atoms with Crippen molar-refractivity contribution in [3.05, 3.63) is 30.6 Å². The third kappa shape index (κ3) is 4.26. The van der Waals surface area contributed by atoms with Crippen molar-refractivity contribution in [3.8, 4) is 0 Å². The van der Waals surface area contributed by atoms with E-state index >= 15 is 0 Å². The quantitative estimate of drug-likeness (QED) is 0.553. The number of anilines is 1. The number of hydrogen-bond donors (Lipinski definition) is 0. The Morgan fingerprint density at radius 2 is 1.76 bits per heavy atom. The summed E-state index contributed by atoms with van der Waals surface area (Å²) in [5.74, 6) is 0.584. The van der Waals surface area contributed by atoms with Crippen molar-refractivity contribution in [3.63, 3.8) is 0 Å². The van der Waals surface area contributed by atoms with Crippen LogP contribution < -0.4 is 21.9 Å². The van der Waals surface area contributed by atoms with E-state index in [1.807, 2.05) is 37.1 Å². The molecule has 0 saturated heterocycles. The number of azo groups is 1. The van der Waals surface area contributed by atoms with Gasteiger partial charge in [0.05, 0.1) is 19.8 Å². The van der Waals surface area contributed by atoms with E-state index in [0.717, 1.165) is 18.8 Å². The molecule has 0 bridgehead atoms. The van der Waals surface area contributed by atoms with Gasteiger partial charge in [-0.05, 0) is 38.1 Å². The lowest BCUT2D eigenvalue weighted by atomic mass is 10.2. The van der Waals surface area contributed by atoms with Gasteiger partial charge < -0.3 is 17.3 Å². The molecule has 1 aromatic heterocycles. The largest absolute Gasteiger partial charge is 1.00 e. The lowest BCUT2D eigenvalue weighted by Crippen LogP contribution is -3.00. The highest BCUT2D eigenvalue weighted by Crippen LogP contribution is 2.20. The number of aromatic nitrogens is 3. The molecular weight excluding hydrogens is 288 g/mol. The van der Waals surface area contributed by atoms with Crippen molar-refractivity contribution in [2.24, 2.45) is 24.3 Å². The second-order valence-corrected chi connectivity index (χ2v) is 4.59. The zero-order valence-corrected chi connectivity index (χ0v) is 13.6. The molecule has 7 heteroatoms. The van der Waals surface area contributed by atoms with Crippen LogP contribution >= 0.6 is 0 Å². The number of hydrogen-bond acceptors (Lipinski definition) is 4. The van der Waals surface area contributed by atoms with Gasteiger partial charge in [-0.15, -0.1) is 4.68 Å². The Balaban J connectivity index is 0.00000220. The topological polar surface area (TPSA) is 49.7 Å². The Kier molecular flexibility index (Phi) is 6.30. The predicted octanol–water partition coefficient (Wildman–Crippen LogP) is -0.490. The van der Waals surface area contributed by atoms with Crippen LogP contribution in [0.4, 0.5) is 17.3 Å². The van der Waals surface area contributed by atoms with Gasteiger partial charge in [-0.25, -0.2) is 4.57 Å². The fraction of sp³-hybridized carbons (Fsp3) is 0.429. The normalized spacial score (nSPS) is 10.7. The van der Waals surface area contributed by atoms with E-state index in [-0.39, 0.29) is 12.4 Å². The molecule has 114 valence electrons. The zero-order chi connectivity index (χ0) is 14.5. The minimum absolute atomic E-state index is 0. The van der Waals surface area contributed by atoms with E-state index in [1.54, 1.807) is 4.68 Å². The molecular formula is C14H21ClN6. The molecule has 0 atom stereocenters. The molecule has 6 nitrogen and oxygen atoms in total. The van der Waals surface area contributed by atoms with Crippen LogP contribution in [0.3, 0.4) is 0 Å². The van der Waals surface area contributed by atoms with E-state index in [0.29, 0.717) is 5.95 Å². The maximum atomic E-state index is 4.21. The smallest absolute Gasteiger partial charge is 0.435 e. The van der Waals surface area contributed by atoms with Crippen LogP contribution in [0.2, 0.25) is 0 Å². The molecule has 21 heavy (non-hydrogen) atoms. The molecule has 0 aliphatic heterocycles. The first-order chi connectivity index (χ1) is 9.63. The summed E-state index contributed by atoms with van der Waals surface area (Å²) in [4.78, 5) is 2.29. The summed E-state index contributed by atoms with van der Waals surface area (Å²) in [5.41, 5.74) is 2.03. The van der Waals surface area contributed by atoms with Crippen molar-refractivity contribution in [2.75, 3.05) is 18.0 Å². The molecule has 0 fully saturated rings. The second kappa shape index (κ2) is 7.73. The van der Waals surface area contributed by atoms with Gasteiger partial charge in [0.15, 0.2) is 6.33 Å². The highest BCUT2D eigenvalue weighted by molar-refractivity contribution is 5.52. The molecule has 0 N–H and O–H groups in total. The second-order valence-electron chi connectivity index (χ2n) is 4.59. The summed E-state index contributed by atoms with van der Waals surface area (Å²) in [5, 5.41) is 12.6. The van der Waals surface area contributed by atoms with Gasteiger partial charge in [-0.2, -0.15) is 0 Å². The molecule has 0 unspecified atom stereocenters. The summed E-state index contributed by atoms with van der Waals surface area (Å²) >= 11 is 0. The van der Waals surface area contributed by atoms with E-state index < -0.39 is 0 Å². The van der Waals surface area contributed by atoms with Crippen LogP contribution in [0.25, 0.3) is 0 Å². The molecule has 0 saturated carbocycles. The third-order valence-electron chi connectivity index (χ3n) is 3.14. The first kappa shape index (κ1) is 17.1. The Hall–Kier alpha value is -1.95. The summed E-state index contributed by atoms with van der Waals surface area (Å²) in [6.07, 6.45) is 1.85. The summed E-state index contributed by atoms with van der Waals surface area (Å²) in [7, 11) is 3.75. The molecule has 1 heterocycles. The Morgan fingerprint density at radius 3 is 2.24 bits per heavy atom. The summed E-state index contributed by atoms with van der Waals surface area (Å²) in [6, 6.07) is 8.08. The SMILES string of the molecule is CCN(CC)c1ccc(N=Nc2nn(C)c[n+]2C)cc1.[Cl-]. The molecule has 0 radical (unpaired) electrons. The number of aryl methyl sites for hydroxylation is 2. The average Bonchev–Trinajstić information content (AvgIpc) is 2.77. The van der Waals surface area contributed by atoms with E-state index in [9.17, 15) is 0 Å². The van der Waals surface area contributed by atoms with Crippen LogP contribution in [0.1, 0.15) is 13.8 Å². The third-order valence-corrected chi connectivity index (χ3v) is 3.14. The van der Waals surface area contributed by atoms with E-state index in [2.05, 4.69) is 46.2 Å². The van der Waals surface area contributed by atoms with Gasteiger partial charge in [-0.3, -0.25) is 0 Å². The van der Waals surface area contributed by atoms with Crippen molar-refractivity contribution in [2.45, 2.75) is 13.8 Å². The van der Waals surface area contributed by atoms with Gasteiger partial charge in [-0.1, -0.05) is 5.11 Å². The summed E-state index contributed by atoms with van der Waals surface area (Å²) < 4.78 is 3.53. The standard InChI is InChI=1S/C14H21N6.ClH/c1-5-20(6-2)13-9-7-12(8-10-13)15-16-14-17-19(4)11-18(14)3;/h7-11H,5-6H2,1-4H3;1H/q+1;/p-1. The highest BCUT2D eigenvalue weighted by atomic mass is 35.5. The number of halogens is 1. The van der Waals surface area contributed by atoms with Gasteiger partial charge in [0.1, 0.15) is 0 Å². The molecule has 0 spiro atoms. The minimum Gasteiger partial charge on any atom is -1.00 e. The fourth-order valence-electron chi connectivity index (χ4n) is 2.05. The van der Waals surface area contributed by atoms with Crippen molar-refractivity contribution in [1.82, 2.24) is 9.78 Å².